The summed E-state index contributed by atoms with van der Waals surface area (Å²) < 4.78 is 14.7. The van der Waals surface area contributed by atoms with Crippen LogP contribution in [0.3, 0.4) is 0 Å². The van der Waals surface area contributed by atoms with E-state index in [2.05, 4.69) is 61.5 Å². The molecule has 0 bridgehead atoms. The van der Waals surface area contributed by atoms with E-state index in [1.807, 2.05) is 34.9 Å². The fraction of sp³-hybridized carbons (Fsp3) is 0.733. The molecular weight excluding hydrogens is 452 g/mol. The van der Waals surface area contributed by atoms with Gasteiger partial charge in [0, 0.05) is 0 Å². The van der Waals surface area contributed by atoms with E-state index >= 15 is 0 Å². The lowest BCUT2D eigenvalue weighted by Gasteiger charge is -2.35. The summed E-state index contributed by atoms with van der Waals surface area (Å²) in [6.07, 6.45) is 13.3. The lowest BCUT2D eigenvalue weighted by Crippen LogP contribution is -2.24. The highest BCUT2D eigenvalue weighted by molar-refractivity contribution is 5.77. The first-order valence-corrected chi connectivity index (χ1v) is 13.1. The van der Waals surface area contributed by atoms with Gasteiger partial charge in [0.25, 0.3) is 0 Å². The van der Waals surface area contributed by atoms with E-state index in [-0.39, 0.29) is 55.1 Å². The largest absolute Gasteiger partial charge is 0.461 e. The van der Waals surface area contributed by atoms with Gasteiger partial charge in [0.15, 0.2) is 0 Å². The average molecular weight is 507 g/mol. The molecule has 0 saturated heterocycles. The van der Waals surface area contributed by atoms with Crippen molar-refractivity contribution < 1.29 is 23.6 Å². The third kappa shape index (κ3) is 15.8. The Kier molecular flexibility index (Phi) is 14.3. The van der Waals surface area contributed by atoms with Gasteiger partial charge in [-0.05, 0) is 47.5 Å². The third-order valence-electron chi connectivity index (χ3n) is 6.34. The van der Waals surface area contributed by atoms with Gasteiger partial charge in [-0.1, -0.05) is 67.9 Å². The van der Waals surface area contributed by atoms with Gasteiger partial charge in [-0.3, -0.25) is 9.59 Å². The van der Waals surface area contributed by atoms with Gasteiger partial charge in [-0.15, -0.1) is 0 Å². The van der Waals surface area contributed by atoms with Gasteiger partial charge in [-0.25, -0.2) is 9.13 Å². The predicted octanol–water partition coefficient (Wildman–Crippen LogP) is 6.62. The van der Waals surface area contributed by atoms with Crippen LogP contribution < -0.4 is 4.57 Å². The zero-order valence-corrected chi connectivity index (χ0v) is 24.9. The summed E-state index contributed by atoms with van der Waals surface area (Å²) in [6, 6.07) is 0. The molecule has 6 heteroatoms. The first-order valence-electron chi connectivity index (χ1n) is 13.1. The van der Waals surface area contributed by atoms with Crippen molar-refractivity contribution in [1.82, 2.24) is 4.57 Å². The zero-order valence-electron chi connectivity index (χ0n) is 24.9. The molecule has 1 heterocycles. The Morgan fingerprint density at radius 1 is 0.972 bits per heavy atom. The molecule has 1 aromatic rings. The van der Waals surface area contributed by atoms with E-state index in [1.54, 1.807) is 0 Å². The number of allylic oxidation sites excluding steroid dienone is 1. The quantitative estimate of drug-likeness (QED) is 0.116. The Labute approximate surface area is 221 Å². The van der Waals surface area contributed by atoms with E-state index in [0.29, 0.717) is 13.2 Å². The van der Waals surface area contributed by atoms with Crippen molar-refractivity contribution in [3.8, 4) is 0 Å². The molecule has 0 aromatic carbocycles. The Hall–Kier alpha value is -2.11. The average Bonchev–Trinajstić information content (AvgIpc) is 3.13. The second-order valence-electron chi connectivity index (χ2n) is 12.7. The molecule has 0 amide bonds. The molecule has 0 atom stereocenters. The van der Waals surface area contributed by atoms with Crippen molar-refractivity contribution in [2.24, 2.45) is 23.3 Å². The van der Waals surface area contributed by atoms with Gasteiger partial charge in [0.05, 0.1) is 19.9 Å². The maximum atomic E-state index is 12.4. The standard InChI is InChI=1S/C29H51N2O4.CH3/c1-10-28(5,6)22-29(7,8)20-24(12-11-15-27(2,3)4)21-35-26(33)14-13-25(32)34-19-18-31-17-16-30(9)23-31;/h12,16-17,23H,10-11,13-15,18-22H2,1-9H3;1H3/q+1;-1/b24-12-;. The van der Waals surface area contributed by atoms with Gasteiger partial charge in [-0.2, -0.15) is 0 Å². The molecular formula is C30H54N2O4. The second kappa shape index (κ2) is 15.2. The summed E-state index contributed by atoms with van der Waals surface area (Å²) >= 11 is 0. The summed E-state index contributed by atoms with van der Waals surface area (Å²) in [6.45, 7) is 19.4. The second-order valence-corrected chi connectivity index (χ2v) is 12.7. The van der Waals surface area contributed by atoms with Crippen LogP contribution in [0.4, 0.5) is 0 Å². The van der Waals surface area contributed by atoms with E-state index < -0.39 is 0 Å². The van der Waals surface area contributed by atoms with E-state index in [0.717, 1.165) is 32.1 Å². The van der Waals surface area contributed by atoms with Crippen LogP contribution in [0.2, 0.25) is 0 Å². The van der Waals surface area contributed by atoms with Gasteiger partial charge in [0.2, 0.25) is 6.33 Å². The summed E-state index contributed by atoms with van der Waals surface area (Å²) in [5, 5.41) is 0. The number of carbonyl (C=O) groups excluding carboxylic acids is 2. The zero-order chi connectivity index (χ0) is 26.7. The van der Waals surface area contributed by atoms with Crippen LogP contribution in [0.25, 0.3) is 0 Å². The SMILES string of the molecule is CCC(C)(C)CC(C)(C)C/C(=C/CCC(C)(C)C)COC(=O)CCC(=O)OCCn1cc[n+](C)c1.[CH3-]. The van der Waals surface area contributed by atoms with Gasteiger partial charge >= 0.3 is 11.9 Å². The number of carbonyl (C=O) groups is 2. The van der Waals surface area contributed by atoms with Crippen molar-refractivity contribution in [1.29, 1.82) is 0 Å². The summed E-state index contributed by atoms with van der Waals surface area (Å²) in [5.74, 6) is -0.727. The maximum Gasteiger partial charge on any atom is 0.306 e. The minimum atomic E-state index is -0.373. The first-order chi connectivity index (χ1) is 16.1. The van der Waals surface area contributed by atoms with Crippen LogP contribution >= 0.6 is 0 Å². The minimum Gasteiger partial charge on any atom is -0.461 e. The van der Waals surface area contributed by atoms with Crippen LogP contribution in [0.5, 0.6) is 0 Å². The van der Waals surface area contributed by atoms with Crippen molar-refractivity contribution in [3.05, 3.63) is 37.8 Å². The molecule has 0 aliphatic carbocycles. The molecule has 0 radical (unpaired) electrons. The van der Waals surface area contributed by atoms with Crippen LogP contribution in [-0.2, 0) is 32.7 Å². The Morgan fingerprint density at radius 2 is 1.58 bits per heavy atom. The summed E-state index contributed by atoms with van der Waals surface area (Å²) in [4.78, 5) is 24.4. The van der Waals surface area contributed by atoms with Crippen molar-refractivity contribution in [2.45, 2.75) is 107 Å². The number of rotatable bonds is 15. The highest BCUT2D eigenvalue weighted by Crippen LogP contribution is 2.40. The fourth-order valence-electron chi connectivity index (χ4n) is 4.41. The fourth-order valence-corrected chi connectivity index (χ4v) is 4.41. The van der Waals surface area contributed by atoms with Crippen LogP contribution in [0.15, 0.2) is 30.4 Å². The van der Waals surface area contributed by atoms with E-state index in [1.165, 1.54) is 5.57 Å². The Bertz CT molecular complexity index is 828. The lowest BCUT2D eigenvalue weighted by atomic mass is 9.71. The molecule has 208 valence electrons. The Morgan fingerprint density at radius 3 is 2.11 bits per heavy atom. The molecule has 0 N–H and O–H groups in total. The number of hydrogen-bond donors (Lipinski definition) is 0. The molecule has 0 fully saturated rings. The van der Waals surface area contributed by atoms with Crippen molar-refractivity contribution in [3.63, 3.8) is 0 Å². The Balaban J connectivity index is 0.0000122. The molecule has 0 aliphatic rings. The molecule has 0 spiro atoms. The lowest BCUT2D eigenvalue weighted by molar-refractivity contribution is -0.671. The third-order valence-corrected chi connectivity index (χ3v) is 6.34. The first kappa shape index (κ1) is 33.9. The minimum absolute atomic E-state index is 0. The monoisotopic (exact) mass is 506 g/mol. The van der Waals surface area contributed by atoms with Gasteiger partial charge in [0.1, 0.15) is 32.2 Å². The molecule has 1 aromatic heterocycles. The molecule has 0 aliphatic heterocycles. The smallest absolute Gasteiger partial charge is 0.306 e. The van der Waals surface area contributed by atoms with Crippen LogP contribution in [-0.4, -0.2) is 29.7 Å². The number of imidazole rings is 1. The molecule has 0 saturated carbocycles. The van der Waals surface area contributed by atoms with Crippen LogP contribution in [0.1, 0.15) is 100 Å². The highest BCUT2D eigenvalue weighted by Gasteiger charge is 2.28. The molecule has 6 nitrogen and oxygen atoms in total. The van der Waals surface area contributed by atoms with Crippen molar-refractivity contribution >= 4 is 11.9 Å². The topological polar surface area (TPSA) is 61.4 Å². The van der Waals surface area contributed by atoms with Crippen LogP contribution in [0, 0.1) is 23.7 Å². The normalized spacial score (nSPS) is 12.8. The maximum absolute atomic E-state index is 12.4. The summed E-state index contributed by atoms with van der Waals surface area (Å²) in [5.41, 5.74) is 1.81. The molecule has 1 rings (SSSR count). The number of aromatic nitrogens is 2. The number of ether oxygens (including phenoxy) is 2. The number of nitrogens with zero attached hydrogens (tertiary/aromatic N) is 2. The molecule has 36 heavy (non-hydrogen) atoms. The predicted molar refractivity (Wildman–Crippen MR) is 147 cm³/mol. The highest BCUT2D eigenvalue weighted by atomic mass is 16.5. The number of hydrogen-bond acceptors (Lipinski definition) is 4. The number of aryl methyl sites for hydroxylation is 1. The van der Waals surface area contributed by atoms with E-state index in [9.17, 15) is 9.59 Å². The number of esters is 2. The van der Waals surface area contributed by atoms with E-state index in [4.69, 9.17) is 9.47 Å². The van der Waals surface area contributed by atoms with Crippen molar-refractivity contribution in [2.75, 3.05) is 13.2 Å². The summed E-state index contributed by atoms with van der Waals surface area (Å²) in [7, 11) is 1.94. The molecule has 0 unspecified atom stereocenters. The van der Waals surface area contributed by atoms with Gasteiger partial charge < -0.3 is 16.9 Å².